The first kappa shape index (κ1) is 15.5. The maximum atomic E-state index is 6.01. The van der Waals surface area contributed by atoms with Crippen molar-refractivity contribution >= 4 is 5.82 Å². The quantitative estimate of drug-likeness (QED) is 0.788. The zero-order chi connectivity index (χ0) is 16.4. The van der Waals surface area contributed by atoms with Gasteiger partial charge in [0.25, 0.3) is 0 Å². The molecule has 0 bridgehead atoms. The van der Waals surface area contributed by atoms with Crippen molar-refractivity contribution in [3.8, 4) is 11.3 Å². The van der Waals surface area contributed by atoms with Gasteiger partial charge in [0.1, 0.15) is 5.82 Å². The maximum Gasteiger partial charge on any atom is 0.124 e. The predicted octanol–water partition coefficient (Wildman–Crippen LogP) is 2.44. The lowest BCUT2D eigenvalue weighted by Crippen LogP contribution is -2.39. The summed E-state index contributed by atoms with van der Waals surface area (Å²) in [5, 5.41) is 7.04. The average molecular weight is 323 g/mol. The summed E-state index contributed by atoms with van der Waals surface area (Å²) < 4.78 is 0. The number of nitrogen functional groups attached to an aromatic ring is 1. The van der Waals surface area contributed by atoms with E-state index in [-0.39, 0.29) is 0 Å². The van der Waals surface area contributed by atoms with Crippen molar-refractivity contribution in [2.24, 2.45) is 0 Å². The molecule has 0 amide bonds. The monoisotopic (exact) mass is 323 g/mol. The van der Waals surface area contributed by atoms with Crippen molar-refractivity contribution in [2.75, 3.05) is 18.8 Å². The number of rotatable bonds is 5. The molecule has 4 N–H and O–H groups in total. The van der Waals surface area contributed by atoms with Crippen LogP contribution in [0.25, 0.3) is 11.3 Å². The highest BCUT2D eigenvalue weighted by molar-refractivity contribution is 5.62. The fourth-order valence-electron chi connectivity index (χ4n) is 3.39. The Morgan fingerprint density at radius 2 is 1.92 bits per heavy atom. The van der Waals surface area contributed by atoms with Crippen molar-refractivity contribution in [1.29, 1.82) is 0 Å². The van der Waals surface area contributed by atoms with Gasteiger partial charge in [-0.25, -0.2) is 4.98 Å². The number of anilines is 1. The van der Waals surface area contributed by atoms with E-state index in [1.54, 1.807) is 0 Å². The van der Waals surface area contributed by atoms with Gasteiger partial charge in [-0.3, -0.25) is 4.98 Å². The number of nitrogens with two attached hydrogens (primary N) is 1. The normalized spacial score (nSPS) is 18.7. The largest absolute Gasteiger partial charge is 0.384 e. The van der Waals surface area contributed by atoms with Crippen LogP contribution >= 0.6 is 0 Å². The Morgan fingerprint density at radius 1 is 1.08 bits per heavy atom. The van der Waals surface area contributed by atoms with Crippen LogP contribution in [0.2, 0.25) is 0 Å². The molecule has 1 saturated carbocycles. The van der Waals surface area contributed by atoms with Gasteiger partial charge in [-0.2, -0.15) is 0 Å². The van der Waals surface area contributed by atoms with Crippen LogP contribution in [0.1, 0.15) is 42.7 Å². The molecule has 1 saturated heterocycles. The van der Waals surface area contributed by atoms with E-state index in [4.69, 9.17) is 5.73 Å². The third-order valence-electron chi connectivity index (χ3n) is 4.94. The second-order valence-electron chi connectivity index (χ2n) is 6.97. The SMILES string of the molecule is Nc1cc(C2CC2)cc(-c2cncc(CNC3CCNCC3)c2)n1. The van der Waals surface area contributed by atoms with Gasteiger partial charge in [0.15, 0.2) is 0 Å². The molecule has 0 spiro atoms. The minimum absolute atomic E-state index is 0.599. The molecule has 0 atom stereocenters. The minimum Gasteiger partial charge on any atom is -0.384 e. The first-order valence-electron chi connectivity index (χ1n) is 8.94. The Balaban J connectivity index is 1.49. The van der Waals surface area contributed by atoms with Crippen LogP contribution in [0.4, 0.5) is 5.82 Å². The van der Waals surface area contributed by atoms with Crippen molar-refractivity contribution in [3.63, 3.8) is 0 Å². The maximum absolute atomic E-state index is 6.01. The van der Waals surface area contributed by atoms with Crippen LogP contribution < -0.4 is 16.4 Å². The third-order valence-corrected chi connectivity index (χ3v) is 4.94. The van der Waals surface area contributed by atoms with Crippen molar-refractivity contribution in [3.05, 3.63) is 41.7 Å². The summed E-state index contributed by atoms with van der Waals surface area (Å²) in [5.74, 6) is 1.28. The van der Waals surface area contributed by atoms with Gasteiger partial charge in [-0.15, -0.1) is 0 Å². The van der Waals surface area contributed by atoms with Crippen molar-refractivity contribution in [2.45, 2.75) is 44.2 Å². The van der Waals surface area contributed by atoms with Gasteiger partial charge in [0, 0.05) is 30.5 Å². The van der Waals surface area contributed by atoms with Crippen LogP contribution in [-0.4, -0.2) is 29.1 Å². The van der Waals surface area contributed by atoms with E-state index in [1.807, 2.05) is 18.5 Å². The molecule has 5 heteroatoms. The topological polar surface area (TPSA) is 75.9 Å². The molecule has 3 heterocycles. The van der Waals surface area contributed by atoms with Gasteiger partial charge in [0.05, 0.1) is 5.69 Å². The number of piperidine rings is 1. The molecule has 0 aromatic carbocycles. The molecule has 5 nitrogen and oxygen atoms in total. The summed E-state index contributed by atoms with van der Waals surface area (Å²) in [6.07, 6.45) is 8.73. The first-order chi connectivity index (χ1) is 11.8. The summed E-state index contributed by atoms with van der Waals surface area (Å²) >= 11 is 0. The van der Waals surface area contributed by atoms with Crippen LogP contribution in [0.5, 0.6) is 0 Å². The lowest BCUT2D eigenvalue weighted by Gasteiger charge is -2.23. The Hall–Kier alpha value is -1.98. The molecule has 24 heavy (non-hydrogen) atoms. The number of hydrogen-bond acceptors (Lipinski definition) is 5. The molecule has 2 fully saturated rings. The Bertz CT molecular complexity index is 705. The second-order valence-corrected chi connectivity index (χ2v) is 6.97. The molecule has 4 rings (SSSR count). The van der Waals surface area contributed by atoms with Crippen molar-refractivity contribution < 1.29 is 0 Å². The molecular weight excluding hydrogens is 298 g/mol. The summed E-state index contributed by atoms with van der Waals surface area (Å²) in [6.45, 7) is 3.06. The molecular formula is C19H25N5. The lowest BCUT2D eigenvalue weighted by molar-refractivity contribution is 0.386. The van der Waals surface area contributed by atoms with E-state index >= 15 is 0 Å². The van der Waals surface area contributed by atoms with Crippen molar-refractivity contribution in [1.82, 2.24) is 20.6 Å². The number of nitrogens with one attached hydrogen (secondary N) is 2. The van der Waals surface area contributed by atoms with Crippen LogP contribution in [-0.2, 0) is 6.54 Å². The second kappa shape index (κ2) is 6.87. The standard InChI is InChI=1S/C19H25N5/c20-19-9-15(14-1-2-14)8-18(24-19)16-7-13(10-22-12-16)11-23-17-3-5-21-6-4-17/h7-10,12,14,17,21,23H,1-6,11H2,(H2,20,24). The van der Waals surface area contributed by atoms with E-state index in [1.165, 1.54) is 36.8 Å². The highest BCUT2D eigenvalue weighted by atomic mass is 15.0. The number of pyridine rings is 2. The Labute approximate surface area is 143 Å². The zero-order valence-electron chi connectivity index (χ0n) is 14.0. The van der Waals surface area contributed by atoms with Gasteiger partial charge in [-0.1, -0.05) is 0 Å². The fourth-order valence-corrected chi connectivity index (χ4v) is 3.39. The summed E-state index contributed by atoms with van der Waals surface area (Å²) in [6, 6.07) is 6.97. The molecule has 2 aliphatic rings. The molecule has 1 aliphatic carbocycles. The van der Waals surface area contributed by atoms with Gasteiger partial charge in [-0.05, 0) is 74.0 Å². The highest BCUT2D eigenvalue weighted by Crippen LogP contribution is 2.41. The highest BCUT2D eigenvalue weighted by Gasteiger charge is 2.24. The third kappa shape index (κ3) is 3.74. The minimum atomic E-state index is 0.599. The number of hydrogen-bond donors (Lipinski definition) is 3. The zero-order valence-corrected chi connectivity index (χ0v) is 14.0. The average Bonchev–Trinajstić information content (AvgIpc) is 3.46. The van der Waals surface area contributed by atoms with Crippen LogP contribution in [0.15, 0.2) is 30.6 Å². The predicted molar refractivity (Wildman–Crippen MR) is 96.6 cm³/mol. The molecule has 2 aromatic heterocycles. The Kier molecular flexibility index (Phi) is 4.45. The summed E-state index contributed by atoms with van der Waals surface area (Å²) in [4.78, 5) is 8.93. The lowest BCUT2D eigenvalue weighted by atomic mass is 10.0. The van der Waals surface area contributed by atoms with Gasteiger partial charge < -0.3 is 16.4 Å². The smallest absolute Gasteiger partial charge is 0.124 e. The first-order valence-corrected chi connectivity index (χ1v) is 8.94. The molecule has 2 aromatic rings. The molecule has 126 valence electrons. The molecule has 0 unspecified atom stereocenters. The summed E-state index contributed by atoms with van der Waals surface area (Å²) in [5.41, 5.74) is 10.5. The molecule has 1 aliphatic heterocycles. The van der Waals surface area contributed by atoms with Gasteiger partial charge in [0.2, 0.25) is 0 Å². The summed E-state index contributed by atoms with van der Waals surface area (Å²) in [7, 11) is 0. The van der Waals surface area contributed by atoms with Crippen LogP contribution in [0, 0.1) is 0 Å². The van der Waals surface area contributed by atoms with E-state index < -0.39 is 0 Å². The van der Waals surface area contributed by atoms with E-state index in [9.17, 15) is 0 Å². The Morgan fingerprint density at radius 3 is 2.71 bits per heavy atom. The van der Waals surface area contributed by atoms with E-state index in [0.29, 0.717) is 17.8 Å². The molecule has 0 radical (unpaired) electrons. The van der Waals surface area contributed by atoms with E-state index in [2.05, 4.69) is 32.7 Å². The van der Waals surface area contributed by atoms with Gasteiger partial charge >= 0.3 is 0 Å². The van der Waals surface area contributed by atoms with E-state index in [0.717, 1.165) is 30.9 Å². The fraction of sp³-hybridized carbons (Fsp3) is 0.474. The van der Waals surface area contributed by atoms with Crippen LogP contribution in [0.3, 0.4) is 0 Å². The number of aromatic nitrogens is 2. The number of nitrogens with zero attached hydrogens (tertiary/aromatic N) is 2.